The molecule has 0 saturated heterocycles. The van der Waals surface area contributed by atoms with E-state index in [-0.39, 0.29) is 18.0 Å². The molecule has 3 amide bonds. The zero-order chi connectivity index (χ0) is 14.8. The molecular weight excluding hydrogens is 270 g/mol. The van der Waals surface area contributed by atoms with Crippen LogP contribution < -0.4 is 20.7 Å². The minimum absolute atomic E-state index is 0.185. The number of hydrogen-bond donors (Lipinski definition) is 3. The van der Waals surface area contributed by atoms with Gasteiger partial charge in [0.1, 0.15) is 5.75 Å². The first-order valence-corrected chi connectivity index (χ1v) is 7.31. The summed E-state index contributed by atoms with van der Waals surface area (Å²) in [7, 11) is 0. The predicted molar refractivity (Wildman–Crippen MR) is 79.6 cm³/mol. The van der Waals surface area contributed by atoms with Crippen LogP contribution in [0, 0.1) is 0 Å². The number of anilines is 2. The average Bonchev–Trinajstić information content (AvgIpc) is 2.93. The summed E-state index contributed by atoms with van der Waals surface area (Å²) < 4.78 is 5.47. The van der Waals surface area contributed by atoms with Crippen LogP contribution in [0.25, 0.3) is 0 Å². The molecule has 0 aromatic heterocycles. The Morgan fingerprint density at radius 1 is 1.33 bits per heavy atom. The van der Waals surface area contributed by atoms with Crippen molar-refractivity contribution in [2.45, 2.75) is 44.8 Å². The average molecular weight is 289 g/mol. The van der Waals surface area contributed by atoms with Crippen molar-refractivity contribution in [3.8, 4) is 5.75 Å². The standard InChI is InChI=1S/C15H19N3O3/c1-9-14(19)18-12-8-11(6-7-13(12)21-9)17-15(20)16-10-4-2-3-5-10/h6-10H,2-5H2,1H3,(H,18,19)(H2,16,17,20). The van der Waals surface area contributed by atoms with Gasteiger partial charge < -0.3 is 20.7 Å². The van der Waals surface area contributed by atoms with E-state index in [1.807, 2.05) is 0 Å². The number of carbonyl (C=O) groups is 2. The van der Waals surface area contributed by atoms with Gasteiger partial charge in [0.15, 0.2) is 6.10 Å². The van der Waals surface area contributed by atoms with E-state index in [1.54, 1.807) is 25.1 Å². The highest BCUT2D eigenvalue weighted by molar-refractivity contribution is 5.99. The number of ether oxygens (including phenoxy) is 1. The van der Waals surface area contributed by atoms with Gasteiger partial charge in [-0.15, -0.1) is 0 Å². The molecule has 2 aliphatic rings. The molecule has 0 radical (unpaired) electrons. The molecule has 0 bridgehead atoms. The number of benzene rings is 1. The second kappa shape index (κ2) is 5.63. The predicted octanol–water partition coefficient (Wildman–Crippen LogP) is 2.47. The fourth-order valence-corrected chi connectivity index (χ4v) is 2.71. The minimum atomic E-state index is -0.498. The van der Waals surface area contributed by atoms with Crippen molar-refractivity contribution in [1.82, 2.24) is 5.32 Å². The highest BCUT2D eigenvalue weighted by Gasteiger charge is 2.24. The summed E-state index contributed by atoms with van der Waals surface area (Å²) in [6.45, 7) is 1.69. The van der Waals surface area contributed by atoms with E-state index in [4.69, 9.17) is 4.74 Å². The van der Waals surface area contributed by atoms with E-state index in [9.17, 15) is 9.59 Å². The van der Waals surface area contributed by atoms with E-state index in [0.717, 1.165) is 12.8 Å². The maximum absolute atomic E-state index is 11.9. The van der Waals surface area contributed by atoms with E-state index in [2.05, 4.69) is 16.0 Å². The van der Waals surface area contributed by atoms with E-state index >= 15 is 0 Å². The molecule has 1 aromatic rings. The Balaban J connectivity index is 1.65. The molecule has 6 nitrogen and oxygen atoms in total. The van der Waals surface area contributed by atoms with Crippen LogP contribution in [0.15, 0.2) is 18.2 Å². The van der Waals surface area contributed by atoms with Crippen molar-refractivity contribution in [2.24, 2.45) is 0 Å². The molecule has 1 fully saturated rings. The second-order valence-corrected chi connectivity index (χ2v) is 5.54. The maximum atomic E-state index is 11.9. The fourth-order valence-electron chi connectivity index (χ4n) is 2.71. The number of hydrogen-bond acceptors (Lipinski definition) is 3. The lowest BCUT2D eigenvalue weighted by atomic mass is 10.2. The second-order valence-electron chi connectivity index (χ2n) is 5.54. The number of rotatable bonds is 2. The van der Waals surface area contributed by atoms with Crippen LogP contribution in [0.5, 0.6) is 5.75 Å². The Kier molecular flexibility index (Phi) is 3.68. The first-order valence-electron chi connectivity index (χ1n) is 7.31. The zero-order valence-corrected chi connectivity index (χ0v) is 11.9. The molecule has 1 atom stereocenters. The van der Waals surface area contributed by atoms with Crippen molar-refractivity contribution in [1.29, 1.82) is 0 Å². The van der Waals surface area contributed by atoms with E-state index in [1.165, 1.54) is 12.8 Å². The molecule has 1 aromatic carbocycles. The smallest absolute Gasteiger partial charge is 0.319 e. The lowest BCUT2D eigenvalue weighted by molar-refractivity contribution is -0.122. The Labute approximate surface area is 123 Å². The van der Waals surface area contributed by atoms with Gasteiger partial charge >= 0.3 is 6.03 Å². The van der Waals surface area contributed by atoms with E-state index in [0.29, 0.717) is 17.1 Å². The van der Waals surface area contributed by atoms with Gasteiger partial charge in [0.2, 0.25) is 0 Å². The summed E-state index contributed by atoms with van der Waals surface area (Å²) in [5.74, 6) is 0.430. The van der Waals surface area contributed by atoms with Crippen LogP contribution in [0.1, 0.15) is 32.6 Å². The maximum Gasteiger partial charge on any atom is 0.319 e. The van der Waals surface area contributed by atoms with Crippen LogP contribution >= 0.6 is 0 Å². The first kappa shape index (κ1) is 13.7. The number of nitrogens with one attached hydrogen (secondary N) is 3. The summed E-state index contributed by atoms with van der Waals surface area (Å²) in [5.41, 5.74) is 1.21. The summed E-state index contributed by atoms with van der Waals surface area (Å²) >= 11 is 0. The molecule has 1 aliphatic carbocycles. The molecule has 6 heteroatoms. The number of fused-ring (bicyclic) bond motifs is 1. The molecule has 3 rings (SSSR count). The summed E-state index contributed by atoms with van der Waals surface area (Å²) in [6, 6.07) is 5.27. The van der Waals surface area contributed by atoms with Crippen molar-refractivity contribution in [3.63, 3.8) is 0 Å². The topological polar surface area (TPSA) is 79.5 Å². The molecule has 21 heavy (non-hydrogen) atoms. The molecule has 112 valence electrons. The van der Waals surface area contributed by atoms with Crippen LogP contribution in [-0.4, -0.2) is 24.1 Å². The molecule has 3 N–H and O–H groups in total. The Hall–Kier alpha value is -2.24. The van der Waals surface area contributed by atoms with Crippen molar-refractivity contribution in [3.05, 3.63) is 18.2 Å². The molecule has 1 saturated carbocycles. The number of carbonyl (C=O) groups excluding carboxylic acids is 2. The molecule has 1 heterocycles. The molecule has 1 unspecified atom stereocenters. The normalized spacial score (nSPS) is 21.2. The van der Waals surface area contributed by atoms with Crippen molar-refractivity contribution in [2.75, 3.05) is 10.6 Å². The number of amides is 3. The zero-order valence-electron chi connectivity index (χ0n) is 11.9. The van der Waals surface area contributed by atoms with Crippen LogP contribution in [0.4, 0.5) is 16.2 Å². The van der Waals surface area contributed by atoms with Crippen molar-refractivity contribution < 1.29 is 14.3 Å². The minimum Gasteiger partial charge on any atom is -0.479 e. The van der Waals surface area contributed by atoms with Gasteiger partial charge in [-0.25, -0.2) is 4.79 Å². The van der Waals surface area contributed by atoms with Gasteiger partial charge in [0, 0.05) is 11.7 Å². The van der Waals surface area contributed by atoms with Gasteiger partial charge in [0.25, 0.3) is 5.91 Å². The Bertz CT molecular complexity index is 567. The molecule has 0 spiro atoms. The fraction of sp³-hybridized carbons (Fsp3) is 0.467. The molecule has 1 aliphatic heterocycles. The Morgan fingerprint density at radius 2 is 2.10 bits per heavy atom. The highest BCUT2D eigenvalue weighted by atomic mass is 16.5. The largest absolute Gasteiger partial charge is 0.479 e. The summed E-state index contributed by atoms with van der Waals surface area (Å²) in [5, 5.41) is 8.50. The summed E-state index contributed by atoms with van der Waals surface area (Å²) in [4.78, 5) is 23.5. The SMILES string of the molecule is CC1Oc2ccc(NC(=O)NC3CCCC3)cc2NC1=O. The van der Waals surface area contributed by atoms with E-state index < -0.39 is 6.10 Å². The lowest BCUT2D eigenvalue weighted by Gasteiger charge is -2.23. The highest BCUT2D eigenvalue weighted by Crippen LogP contribution is 2.32. The third-order valence-corrected chi connectivity index (χ3v) is 3.86. The van der Waals surface area contributed by atoms with Crippen LogP contribution in [-0.2, 0) is 4.79 Å². The van der Waals surface area contributed by atoms with Gasteiger partial charge in [-0.3, -0.25) is 4.79 Å². The summed E-state index contributed by atoms with van der Waals surface area (Å²) in [6.07, 6.45) is 3.93. The quantitative estimate of drug-likeness (QED) is 0.782. The first-order chi connectivity index (χ1) is 10.1. The molecular formula is C15H19N3O3. The van der Waals surface area contributed by atoms with Gasteiger partial charge in [-0.05, 0) is 38.0 Å². The van der Waals surface area contributed by atoms with Gasteiger partial charge in [0.05, 0.1) is 5.69 Å². The third-order valence-electron chi connectivity index (χ3n) is 3.86. The lowest BCUT2D eigenvalue weighted by Crippen LogP contribution is -2.36. The third kappa shape index (κ3) is 3.09. The van der Waals surface area contributed by atoms with Crippen LogP contribution in [0.2, 0.25) is 0 Å². The Morgan fingerprint density at radius 3 is 2.86 bits per heavy atom. The van der Waals surface area contributed by atoms with Crippen molar-refractivity contribution >= 4 is 23.3 Å². The van der Waals surface area contributed by atoms with Crippen LogP contribution in [0.3, 0.4) is 0 Å². The monoisotopic (exact) mass is 289 g/mol. The number of urea groups is 1. The van der Waals surface area contributed by atoms with Gasteiger partial charge in [-0.1, -0.05) is 12.8 Å². The van der Waals surface area contributed by atoms with Gasteiger partial charge in [-0.2, -0.15) is 0 Å².